The van der Waals surface area contributed by atoms with E-state index in [9.17, 15) is 0 Å². The number of hydrogen-bond acceptors (Lipinski definition) is 3. The van der Waals surface area contributed by atoms with Crippen LogP contribution in [0.2, 0.25) is 0 Å². The lowest BCUT2D eigenvalue weighted by Gasteiger charge is -2.09. The van der Waals surface area contributed by atoms with Gasteiger partial charge in [-0.25, -0.2) is 4.98 Å². The average molecular weight is 272 g/mol. The fraction of sp³-hybridized carbons (Fsp3) is 0.312. The molecule has 3 heteroatoms. The molecule has 100 valence electrons. The van der Waals surface area contributed by atoms with Crippen LogP contribution < -0.4 is 5.73 Å². The molecule has 0 bridgehead atoms. The minimum absolute atomic E-state index is 0.671. The molecule has 0 atom stereocenters. The molecule has 0 amide bonds. The maximum Gasteiger partial charge on any atom is 0.104 e. The van der Waals surface area contributed by atoms with Gasteiger partial charge in [0.25, 0.3) is 0 Å². The van der Waals surface area contributed by atoms with Crippen LogP contribution in [0.15, 0.2) is 40.4 Å². The summed E-state index contributed by atoms with van der Waals surface area (Å²) in [6.45, 7) is 7.05. The van der Waals surface area contributed by atoms with E-state index in [0.717, 1.165) is 11.4 Å². The highest BCUT2D eigenvalue weighted by Gasteiger charge is 2.06. The molecule has 0 fully saturated rings. The normalized spacial score (nSPS) is 10.7. The molecule has 0 unspecified atom stereocenters. The van der Waals surface area contributed by atoms with Crippen molar-refractivity contribution in [1.29, 1.82) is 0 Å². The van der Waals surface area contributed by atoms with Crippen molar-refractivity contribution in [2.24, 2.45) is 5.73 Å². The van der Waals surface area contributed by atoms with Crippen molar-refractivity contribution in [1.82, 2.24) is 4.98 Å². The van der Waals surface area contributed by atoms with Crippen LogP contribution in [-0.4, -0.2) is 11.5 Å². The van der Waals surface area contributed by atoms with Gasteiger partial charge in [-0.2, -0.15) is 0 Å². The van der Waals surface area contributed by atoms with E-state index in [4.69, 9.17) is 5.73 Å². The first-order valence-electron chi connectivity index (χ1n) is 6.51. The molecule has 0 saturated carbocycles. The molecule has 1 heterocycles. The Morgan fingerprint density at radius 3 is 2.53 bits per heavy atom. The van der Waals surface area contributed by atoms with Gasteiger partial charge in [-0.1, -0.05) is 35.5 Å². The smallest absolute Gasteiger partial charge is 0.104 e. The van der Waals surface area contributed by atoms with E-state index in [0.29, 0.717) is 6.54 Å². The monoisotopic (exact) mass is 272 g/mol. The first-order valence-corrected chi connectivity index (χ1v) is 7.32. The fourth-order valence-electron chi connectivity index (χ4n) is 2.05. The first-order chi connectivity index (χ1) is 9.10. The van der Waals surface area contributed by atoms with Crippen molar-refractivity contribution in [3.63, 3.8) is 0 Å². The van der Waals surface area contributed by atoms with Gasteiger partial charge in [0.2, 0.25) is 0 Å². The second-order valence-electron chi connectivity index (χ2n) is 4.88. The third kappa shape index (κ3) is 3.58. The van der Waals surface area contributed by atoms with Crippen LogP contribution in [-0.2, 0) is 6.42 Å². The summed E-state index contributed by atoms with van der Waals surface area (Å²) in [7, 11) is 0. The van der Waals surface area contributed by atoms with Gasteiger partial charge in [-0.05, 0) is 56.5 Å². The Kier molecular flexibility index (Phi) is 4.61. The molecule has 1 aromatic heterocycles. The van der Waals surface area contributed by atoms with Crippen LogP contribution in [0.4, 0.5) is 0 Å². The van der Waals surface area contributed by atoms with Crippen molar-refractivity contribution in [2.45, 2.75) is 37.1 Å². The highest BCUT2D eigenvalue weighted by Crippen LogP contribution is 2.31. The quantitative estimate of drug-likeness (QED) is 0.923. The molecule has 2 rings (SSSR count). The summed E-state index contributed by atoms with van der Waals surface area (Å²) in [6, 6.07) is 8.71. The van der Waals surface area contributed by atoms with Gasteiger partial charge in [0.05, 0.1) is 0 Å². The number of nitrogens with zero attached hydrogens (tertiary/aromatic N) is 1. The van der Waals surface area contributed by atoms with E-state index in [1.807, 2.05) is 6.20 Å². The van der Waals surface area contributed by atoms with Crippen LogP contribution in [0, 0.1) is 20.8 Å². The number of rotatable bonds is 4. The molecule has 0 aliphatic carbocycles. The summed E-state index contributed by atoms with van der Waals surface area (Å²) < 4.78 is 0. The van der Waals surface area contributed by atoms with E-state index in [1.165, 1.54) is 27.1 Å². The zero-order valence-corrected chi connectivity index (χ0v) is 12.6. The summed E-state index contributed by atoms with van der Waals surface area (Å²) in [5.41, 5.74) is 10.6. The molecule has 0 aliphatic heterocycles. The highest BCUT2D eigenvalue weighted by atomic mass is 32.2. The largest absolute Gasteiger partial charge is 0.330 e. The van der Waals surface area contributed by atoms with Gasteiger partial charge in [0.1, 0.15) is 5.03 Å². The Morgan fingerprint density at radius 1 is 1.11 bits per heavy atom. The van der Waals surface area contributed by atoms with Crippen LogP contribution in [0.25, 0.3) is 0 Å². The summed E-state index contributed by atoms with van der Waals surface area (Å²) in [5.74, 6) is 0. The van der Waals surface area contributed by atoms with Gasteiger partial charge in [-0.15, -0.1) is 0 Å². The lowest BCUT2D eigenvalue weighted by molar-refractivity contribution is 0.935. The third-order valence-corrected chi connectivity index (χ3v) is 4.36. The van der Waals surface area contributed by atoms with Crippen LogP contribution in [0.1, 0.15) is 22.3 Å². The van der Waals surface area contributed by atoms with Gasteiger partial charge < -0.3 is 5.73 Å². The van der Waals surface area contributed by atoms with Gasteiger partial charge in [0.15, 0.2) is 0 Å². The Morgan fingerprint density at radius 2 is 1.89 bits per heavy atom. The summed E-state index contributed by atoms with van der Waals surface area (Å²) in [6.07, 6.45) is 2.83. The SMILES string of the molecule is Cc1ccc(Sc2ncc(CCN)cc2C)c(C)c1. The second-order valence-corrected chi connectivity index (χ2v) is 5.91. The van der Waals surface area contributed by atoms with E-state index in [-0.39, 0.29) is 0 Å². The molecule has 2 aromatic rings. The van der Waals surface area contributed by atoms with Gasteiger partial charge in [-0.3, -0.25) is 0 Å². The molecular weight excluding hydrogens is 252 g/mol. The molecule has 2 N–H and O–H groups in total. The summed E-state index contributed by atoms with van der Waals surface area (Å²) in [5, 5.41) is 1.08. The van der Waals surface area contributed by atoms with E-state index >= 15 is 0 Å². The second kappa shape index (κ2) is 6.22. The minimum Gasteiger partial charge on any atom is -0.330 e. The number of benzene rings is 1. The van der Waals surface area contributed by atoms with E-state index in [1.54, 1.807) is 11.8 Å². The number of nitrogens with two attached hydrogens (primary N) is 1. The Bertz CT molecular complexity index is 579. The van der Waals surface area contributed by atoms with Crippen molar-refractivity contribution >= 4 is 11.8 Å². The average Bonchev–Trinajstić information content (AvgIpc) is 2.36. The molecule has 2 nitrogen and oxygen atoms in total. The van der Waals surface area contributed by atoms with Crippen molar-refractivity contribution < 1.29 is 0 Å². The molecule has 19 heavy (non-hydrogen) atoms. The molecule has 1 aromatic carbocycles. The fourth-order valence-corrected chi connectivity index (χ4v) is 2.94. The summed E-state index contributed by atoms with van der Waals surface area (Å²) >= 11 is 1.73. The first kappa shape index (κ1) is 14.1. The number of hydrogen-bond donors (Lipinski definition) is 1. The zero-order valence-electron chi connectivity index (χ0n) is 11.7. The van der Waals surface area contributed by atoms with Gasteiger partial charge in [0, 0.05) is 11.1 Å². The van der Waals surface area contributed by atoms with E-state index < -0.39 is 0 Å². The molecule has 0 radical (unpaired) electrons. The molecule has 0 aliphatic rings. The lowest BCUT2D eigenvalue weighted by atomic mass is 10.2. The molecule has 0 saturated heterocycles. The number of aromatic nitrogens is 1. The topological polar surface area (TPSA) is 38.9 Å². The van der Waals surface area contributed by atoms with Crippen LogP contribution in [0.5, 0.6) is 0 Å². The number of aryl methyl sites for hydroxylation is 3. The Hall–Kier alpha value is -1.32. The molecule has 0 spiro atoms. The standard InChI is InChI=1S/C16H20N2S/c1-11-4-5-15(12(2)8-11)19-16-13(3)9-14(6-7-17)10-18-16/h4-5,8-10H,6-7,17H2,1-3H3. The van der Waals surface area contributed by atoms with Crippen molar-refractivity contribution in [3.05, 3.63) is 52.7 Å². The summed E-state index contributed by atoms with van der Waals surface area (Å²) in [4.78, 5) is 5.83. The third-order valence-electron chi connectivity index (χ3n) is 3.06. The minimum atomic E-state index is 0.671. The number of pyridine rings is 1. The predicted molar refractivity (Wildman–Crippen MR) is 81.8 cm³/mol. The van der Waals surface area contributed by atoms with Crippen LogP contribution in [0.3, 0.4) is 0 Å². The maximum absolute atomic E-state index is 5.57. The van der Waals surface area contributed by atoms with Crippen LogP contribution >= 0.6 is 11.8 Å². The lowest BCUT2D eigenvalue weighted by Crippen LogP contribution is -2.03. The van der Waals surface area contributed by atoms with Crippen molar-refractivity contribution in [2.75, 3.05) is 6.54 Å². The van der Waals surface area contributed by atoms with Gasteiger partial charge >= 0.3 is 0 Å². The van der Waals surface area contributed by atoms with E-state index in [2.05, 4.69) is 50.0 Å². The Labute approximate surface area is 119 Å². The highest BCUT2D eigenvalue weighted by molar-refractivity contribution is 7.99. The zero-order chi connectivity index (χ0) is 13.8. The molecular formula is C16H20N2S. The Balaban J connectivity index is 2.23. The maximum atomic E-state index is 5.57. The predicted octanol–water partition coefficient (Wildman–Crippen LogP) is 3.66. The van der Waals surface area contributed by atoms with Crippen molar-refractivity contribution in [3.8, 4) is 0 Å².